The van der Waals surface area contributed by atoms with Crippen LogP contribution < -0.4 is 4.74 Å². The minimum Gasteiger partial charge on any atom is -0.508 e. The highest BCUT2D eigenvalue weighted by Gasteiger charge is 2.30. The molecule has 1 aromatic carbocycles. The van der Waals surface area contributed by atoms with E-state index in [1.807, 2.05) is 6.08 Å². The maximum Gasteiger partial charge on any atom is 0.127 e. The predicted octanol–water partition coefficient (Wildman–Crippen LogP) is 2.08. The summed E-state index contributed by atoms with van der Waals surface area (Å²) in [5, 5.41) is 19.3. The highest BCUT2D eigenvalue weighted by Crippen LogP contribution is 2.37. The molecule has 0 saturated heterocycles. The van der Waals surface area contributed by atoms with Crippen molar-refractivity contribution in [1.29, 1.82) is 0 Å². The van der Waals surface area contributed by atoms with Crippen molar-refractivity contribution in [2.24, 2.45) is 0 Å². The van der Waals surface area contributed by atoms with Gasteiger partial charge in [0.2, 0.25) is 0 Å². The lowest BCUT2D eigenvalue weighted by Crippen LogP contribution is -2.33. The molecule has 3 nitrogen and oxygen atoms in total. The van der Waals surface area contributed by atoms with Gasteiger partial charge in [-0.15, -0.1) is 0 Å². The van der Waals surface area contributed by atoms with Gasteiger partial charge in [0.1, 0.15) is 17.6 Å². The molecule has 1 heterocycles. The number of phenols is 1. The second-order valence-electron chi connectivity index (χ2n) is 4.42. The fraction of sp³-hybridized carbons (Fsp3) is 0.385. The third-order valence-corrected chi connectivity index (χ3v) is 3.29. The van der Waals surface area contributed by atoms with Crippen LogP contribution in [-0.2, 0) is 0 Å². The van der Waals surface area contributed by atoms with E-state index in [0.29, 0.717) is 0 Å². The van der Waals surface area contributed by atoms with Crippen LogP contribution in [-0.4, -0.2) is 22.4 Å². The number of phenolic OH excluding ortho intramolecular Hbond substituents is 1. The molecule has 1 saturated carbocycles. The first-order valence-electron chi connectivity index (χ1n) is 5.63. The molecular formula is C13H14O3. The molecular weight excluding hydrogens is 204 g/mol. The van der Waals surface area contributed by atoms with E-state index in [4.69, 9.17) is 4.74 Å². The number of aromatic hydroxyl groups is 1. The quantitative estimate of drug-likeness (QED) is 0.701. The molecule has 2 aliphatic rings. The molecule has 2 atom stereocenters. The summed E-state index contributed by atoms with van der Waals surface area (Å²) in [5.41, 5.74) is 1.80. The van der Waals surface area contributed by atoms with Gasteiger partial charge in [0.25, 0.3) is 0 Å². The molecule has 0 radical (unpaired) electrons. The molecule has 0 aromatic heterocycles. The Bertz CT molecular complexity index is 450. The van der Waals surface area contributed by atoms with Gasteiger partial charge in [0, 0.05) is 5.56 Å². The first-order chi connectivity index (χ1) is 7.74. The Hall–Kier alpha value is -1.48. The zero-order chi connectivity index (χ0) is 11.1. The van der Waals surface area contributed by atoms with Crippen LogP contribution in [0.4, 0.5) is 0 Å². The van der Waals surface area contributed by atoms with Crippen LogP contribution >= 0.6 is 0 Å². The smallest absolute Gasteiger partial charge is 0.127 e. The van der Waals surface area contributed by atoms with Crippen molar-refractivity contribution in [2.75, 3.05) is 0 Å². The second kappa shape index (κ2) is 3.52. The third-order valence-electron chi connectivity index (χ3n) is 3.29. The van der Waals surface area contributed by atoms with E-state index in [2.05, 4.69) is 0 Å². The molecule has 0 spiro atoms. The number of aliphatic hydroxyl groups is 1. The van der Waals surface area contributed by atoms with Crippen LogP contribution in [0.1, 0.15) is 24.8 Å². The SMILES string of the molecule is Oc1ccc2c(c1)C=C1[C@@H](O)CCC[C@H]1O2. The number of hydrogen-bond acceptors (Lipinski definition) is 3. The van der Waals surface area contributed by atoms with Crippen molar-refractivity contribution in [3.05, 3.63) is 29.3 Å². The van der Waals surface area contributed by atoms with E-state index < -0.39 is 6.10 Å². The van der Waals surface area contributed by atoms with Crippen molar-refractivity contribution >= 4 is 6.08 Å². The summed E-state index contributed by atoms with van der Waals surface area (Å²) in [4.78, 5) is 0. The summed E-state index contributed by atoms with van der Waals surface area (Å²) in [6.07, 6.45) is 4.34. The lowest BCUT2D eigenvalue weighted by atomic mass is 9.86. The van der Waals surface area contributed by atoms with Crippen LogP contribution in [0.25, 0.3) is 6.08 Å². The highest BCUT2D eigenvalue weighted by atomic mass is 16.5. The molecule has 0 amide bonds. The summed E-state index contributed by atoms with van der Waals surface area (Å²) in [6, 6.07) is 5.07. The van der Waals surface area contributed by atoms with Gasteiger partial charge >= 0.3 is 0 Å². The van der Waals surface area contributed by atoms with Gasteiger partial charge in [-0.1, -0.05) is 0 Å². The first-order valence-corrected chi connectivity index (χ1v) is 5.63. The molecule has 0 unspecified atom stereocenters. The zero-order valence-corrected chi connectivity index (χ0v) is 8.89. The Kier molecular flexibility index (Phi) is 2.14. The first kappa shape index (κ1) is 9.73. The Morgan fingerprint density at radius 2 is 2.12 bits per heavy atom. The zero-order valence-electron chi connectivity index (χ0n) is 8.89. The molecule has 1 aliphatic heterocycles. The van der Waals surface area contributed by atoms with E-state index >= 15 is 0 Å². The minimum absolute atomic E-state index is 0.0146. The van der Waals surface area contributed by atoms with Crippen molar-refractivity contribution in [3.63, 3.8) is 0 Å². The number of hydrogen-bond donors (Lipinski definition) is 2. The summed E-state index contributed by atoms with van der Waals surface area (Å²) in [7, 11) is 0. The maximum atomic E-state index is 9.89. The Morgan fingerprint density at radius 1 is 1.25 bits per heavy atom. The average molecular weight is 218 g/mol. The van der Waals surface area contributed by atoms with E-state index in [1.165, 1.54) is 0 Å². The van der Waals surface area contributed by atoms with Crippen molar-refractivity contribution in [2.45, 2.75) is 31.5 Å². The number of benzene rings is 1. The molecule has 16 heavy (non-hydrogen) atoms. The standard InChI is InChI=1S/C13H14O3/c14-9-4-5-12-8(6-9)7-10-11(15)2-1-3-13(10)16-12/h4-7,11,13-15H,1-3H2/t11-,13+/m0/s1. The molecule has 1 fully saturated rings. The lowest BCUT2D eigenvalue weighted by molar-refractivity contribution is 0.112. The summed E-state index contributed by atoms with van der Waals surface area (Å²) in [5.74, 6) is 1.02. The molecule has 84 valence electrons. The summed E-state index contributed by atoms with van der Waals surface area (Å²) in [6.45, 7) is 0. The molecule has 3 rings (SSSR count). The monoisotopic (exact) mass is 218 g/mol. The Labute approximate surface area is 94.0 Å². The van der Waals surface area contributed by atoms with Gasteiger partial charge in [0.15, 0.2) is 0 Å². The maximum absolute atomic E-state index is 9.89. The van der Waals surface area contributed by atoms with Crippen LogP contribution in [0.5, 0.6) is 11.5 Å². The molecule has 3 heteroatoms. The van der Waals surface area contributed by atoms with E-state index in [9.17, 15) is 10.2 Å². The normalized spacial score (nSPS) is 27.4. The van der Waals surface area contributed by atoms with E-state index in [0.717, 1.165) is 36.1 Å². The fourth-order valence-corrected chi connectivity index (χ4v) is 2.45. The van der Waals surface area contributed by atoms with Gasteiger partial charge in [-0.2, -0.15) is 0 Å². The molecule has 1 aliphatic carbocycles. The van der Waals surface area contributed by atoms with Gasteiger partial charge in [-0.05, 0) is 49.1 Å². The van der Waals surface area contributed by atoms with E-state index in [1.54, 1.807) is 18.2 Å². The predicted molar refractivity (Wildman–Crippen MR) is 60.4 cm³/mol. The average Bonchev–Trinajstić information content (AvgIpc) is 2.28. The van der Waals surface area contributed by atoms with Gasteiger partial charge in [-0.25, -0.2) is 0 Å². The highest BCUT2D eigenvalue weighted by molar-refractivity contribution is 5.65. The third kappa shape index (κ3) is 1.48. The second-order valence-corrected chi connectivity index (χ2v) is 4.42. The van der Waals surface area contributed by atoms with Gasteiger partial charge in [-0.3, -0.25) is 0 Å². The topological polar surface area (TPSA) is 49.7 Å². The van der Waals surface area contributed by atoms with Crippen molar-refractivity contribution in [3.8, 4) is 11.5 Å². The summed E-state index contributed by atoms with van der Waals surface area (Å²) < 4.78 is 5.82. The number of rotatable bonds is 0. The van der Waals surface area contributed by atoms with Crippen LogP contribution in [0.2, 0.25) is 0 Å². The van der Waals surface area contributed by atoms with Gasteiger partial charge < -0.3 is 14.9 Å². The van der Waals surface area contributed by atoms with Crippen LogP contribution in [0.3, 0.4) is 0 Å². The molecule has 0 bridgehead atoms. The Morgan fingerprint density at radius 3 is 3.00 bits per heavy atom. The fourth-order valence-electron chi connectivity index (χ4n) is 2.45. The lowest BCUT2D eigenvalue weighted by Gasteiger charge is -2.33. The largest absolute Gasteiger partial charge is 0.508 e. The number of fused-ring (bicyclic) bond motifs is 2. The number of ether oxygens (including phenoxy) is 1. The summed E-state index contributed by atoms with van der Waals surface area (Å²) >= 11 is 0. The number of aliphatic hydroxyl groups excluding tert-OH is 1. The van der Waals surface area contributed by atoms with Crippen LogP contribution in [0.15, 0.2) is 23.8 Å². The van der Waals surface area contributed by atoms with Crippen molar-refractivity contribution in [1.82, 2.24) is 0 Å². The van der Waals surface area contributed by atoms with Crippen LogP contribution in [0, 0.1) is 0 Å². The molecule has 2 N–H and O–H groups in total. The van der Waals surface area contributed by atoms with E-state index in [-0.39, 0.29) is 11.9 Å². The minimum atomic E-state index is -0.394. The van der Waals surface area contributed by atoms with Crippen molar-refractivity contribution < 1.29 is 14.9 Å². The molecule has 1 aromatic rings. The Balaban J connectivity index is 2.05. The van der Waals surface area contributed by atoms with Gasteiger partial charge in [0.05, 0.1) is 6.10 Å².